The highest BCUT2D eigenvalue weighted by Gasteiger charge is 2.46. The zero-order chi connectivity index (χ0) is 11.8. The van der Waals surface area contributed by atoms with E-state index in [0.29, 0.717) is 18.4 Å². The van der Waals surface area contributed by atoms with Gasteiger partial charge >= 0.3 is 0 Å². The fraction of sp³-hybridized carbons (Fsp3) is 0.500. The van der Waals surface area contributed by atoms with Crippen molar-refractivity contribution in [3.8, 4) is 0 Å². The number of benzene rings is 1. The van der Waals surface area contributed by atoms with Crippen LogP contribution in [0.3, 0.4) is 0 Å². The van der Waals surface area contributed by atoms with Gasteiger partial charge in [0.15, 0.2) is 0 Å². The Hall–Kier alpha value is -1.38. The second kappa shape index (κ2) is 4.13. The van der Waals surface area contributed by atoms with Gasteiger partial charge in [0.2, 0.25) is 5.91 Å². The van der Waals surface area contributed by atoms with Crippen molar-refractivity contribution < 1.29 is 9.18 Å². The van der Waals surface area contributed by atoms with Crippen LogP contribution in [0.2, 0.25) is 0 Å². The molecule has 1 saturated heterocycles. The Kier molecular flexibility index (Phi) is 2.61. The van der Waals surface area contributed by atoms with Crippen LogP contribution in [-0.4, -0.2) is 23.9 Å². The molecule has 1 aromatic rings. The smallest absolute Gasteiger partial charge is 0.222 e. The van der Waals surface area contributed by atoms with Gasteiger partial charge in [0.25, 0.3) is 0 Å². The maximum Gasteiger partial charge on any atom is 0.222 e. The van der Waals surface area contributed by atoms with Crippen molar-refractivity contribution in [3.05, 3.63) is 35.6 Å². The molecule has 1 aliphatic heterocycles. The molecule has 3 rings (SSSR count). The maximum absolute atomic E-state index is 13.4. The Morgan fingerprint density at radius 3 is 2.71 bits per heavy atom. The highest BCUT2D eigenvalue weighted by Crippen LogP contribution is 2.44. The lowest BCUT2D eigenvalue weighted by Gasteiger charge is -2.17. The van der Waals surface area contributed by atoms with Crippen molar-refractivity contribution in [1.29, 1.82) is 0 Å². The molecule has 2 aliphatic rings. The average molecular weight is 233 g/mol. The first kappa shape index (κ1) is 10.8. The van der Waals surface area contributed by atoms with Gasteiger partial charge in [-0.3, -0.25) is 4.79 Å². The molecular formula is C14H16FNO. The zero-order valence-corrected chi connectivity index (χ0v) is 9.73. The van der Waals surface area contributed by atoms with E-state index in [4.69, 9.17) is 0 Å². The van der Waals surface area contributed by atoms with Crippen molar-refractivity contribution in [2.45, 2.75) is 19.3 Å². The molecular weight excluding hydrogens is 217 g/mol. The molecule has 0 spiro atoms. The normalized spacial score (nSPS) is 25.8. The first-order valence-corrected chi connectivity index (χ1v) is 6.25. The van der Waals surface area contributed by atoms with Crippen molar-refractivity contribution >= 4 is 5.91 Å². The predicted molar refractivity (Wildman–Crippen MR) is 62.9 cm³/mol. The molecule has 2 nitrogen and oxygen atoms in total. The summed E-state index contributed by atoms with van der Waals surface area (Å²) in [4.78, 5) is 13.8. The molecule has 90 valence electrons. The fourth-order valence-electron chi connectivity index (χ4n) is 2.70. The topological polar surface area (TPSA) is 20.3 Å². The third kappa shape index (κ3) is 2.19. The molecule has 17 heavy (non-hydrogen) atoms. The molecule has 1 saturated carbocycles. The van der Waals surface area contributed by atoms with Crippen LogP contribution >= 0.6 is 0 Å². The molecule has 2 fully saturated rings. The molecule has 0 bridgehead atoms. The number of piperidine rings is 1. The third-order valence-electron chi connectivity index (χ3n) is 3.90. The first-order chi connectivity index (χ1) is 8.24. The lowest BCUT2D eigenvalue weighted by atomic mass is 10.1. The second-order valence-electron chi connectivity index (χ2n) is 5.15. The molecule has 1 aliphatic carbocycles. The monoisotopic (exact) mass is 233 g/mol. The van der Waals surface area contributed by atoms with E-state index in [1.807, 2.05) is 11.0 Å². The molecule has 1 aromatic carbocycles. The van der Waals surface area contributed by atoms with E-state index in [1.165, 1.54) is 12.5 Å². The van der Waals surface area contributed by atoms with Gasteiger partial charge in [-0.15, -0.1) is 0 Å². The van der Waals surface area contributed by atoms with Crippen LogP contribution in [0.1, 0.15) is 18.4 Å². The Labute approximate surface area is 100 Å². The quantitative estimate of drug-likeness (QED) is 0.784. The van der Waals surface area contributed by atoms with E-state index < -0.39 is 0 Å². The van der Waals surface area contributed by atoms with Gasteiger partial charge in [-0.1, -0.05) is 18.2 Å². The van der Waals surface area contributed by atoms with E-state index >= 15 is 0 Å². The summed E-state index contributed by atoms with van der Waals surface area (Å²) < 4.78 is 13.4. The summed E-state index contributed by atoms with van der Waals surface area (Å²) in [5.41, 5.74) is 0.644. The number of halogens is 1. The zero-order valence-electron chi connectivity index (χ0n) is 9.73. The minimum Gasteiger partial charge on any atom is -0.342 e. The largest absolute Gasteiger partial charge is 0.342 e. The number of rotatable bonds is 3. The van der Waals surface area contributed by atoms with E-state index in [0.717, 1.165) is 24.9 Å². The van der Waals surface area contributed by atoms with Crippen LogP contribution in [0, 0.1) is 17.7 Å². The fourth-order valence-corrected chi connectivity index (χ4v) is 2.70. The van der Waals surface area contributed by atoms with Crippen molar-refractivity contribution in [2.75, 3.05) is 13.1 Å². The number of fused-ring (bicyclic) bond motifs is 1. The third-order valence-corrected chi connectivity index (χ3v) is 3.90. The van der Waals surface area contributed by atoms with Crippen molar-refractivity contribution in [1.82, 2.24) is 4.90 Å². The van der Waals surface area contributed by atoms with E-state index in [9.17, 15) is 9.18 Å². The molecule has 0 radical (unpaired) electrons. The number of hydrogen-bond acceptors (Lipinski definition) is 1. The summed E-state index contributed by atoms with van der Waals surface area (Å²) in [6.07, 6.45) is 2.24. The molecule has 1 heterocycles. The molecule has 0 aromatic heterocycles. The van der Waals surface area contributed by atoms with Crippen LogP contribution in [0.15, 0.2) is 24.3 Å². The van der Waals surface area contributed by atoms with Crippen LogP contribution in [-0.2, 0) is 11.2 Å². The van der Waals surface area contributed by atoms with Gasteiger partial charge in [-0.05, 0) is 36.3 Å². The minimum atomic E-state index is -0.204. The van der Waals surface area contributed by atoms with Crippen LogP contribution in [0.25, 0.3) is 0 Å². The number of hydrogen-bond donors (Lipinski definition) is 0. The number of carbonyl (C=O) groups is 1. The van der Waals surface area contributed by atoms with Gasteiger partial charge in [-0.25, -0.2) is 4.39 Å². The summed E-state index contributed by atoms with van der Waals surface area (Å²) in [7, 11) is 0. The van der Waals surface area contributed by atoms with Gasteiger partial charge in [0.1, 0.15) is 5.82 Å². The van der Waals surface area contributed by atoms with Crippen LogP contribution in [0.4, 0.5) is 4.39 Å². The van der Waals surface area contributed by atoms with Gasteiger partial charge in [0, 0.05) is 19.5 Å². The number of amides is 1. The number of aryl methyl sites for hydroxylation is 1. The van der Waals surface area contributed by atoms with E-state index in [1.54, 1.807) is 12.1 Å². The SMILES string of the molecule is O=C(CCc1ccccc1F)N1CC2CC2C1. The lowest BCUT2D eigenvalue weighted by Crippen LogP contribution is -2.30. The Bertz CT molecular complexity index is 436. The van der Waals surface area contributed by atoms with Gasteiger partial charge in [0.05, 0.1) is 0 Å². The predicted octanol–water partition coefficient (Wildman–Crippen LogP) is 2.24. The number of likely N-dealkylation sites (tertiary alicyclic amines) is 1. The molecule has 3 heteroatoms. The van der Waals surface area contributed by atoms with E-state index in [2.05, 4.69) is 0 Å². The van der Waals surface area contributed by atoms with E-state index in [-0.39, 0.29) is 11.7 Å². The number of nitrogens with zero attached hydrogens (tertiary/aromatic N) is 1. The standard InChI is InChI=1S/C14H16FNO/c15-13-4-2-1-3-10(13)5-6-14(17)16-8-11-7-12(11)9-16/h1-4,11-12H,5-9H2. The van der Waals surface area contributed by atoms with Crippen molar-refractivity contribution in [2.24, 2.45) is 11.8 Å². The first-order valence-electron chi connectivity index (χ1n) is 6.25. The Morgan fingerprint density at radius 1 is 1.29 bits per heavy atom. The second-order valence-corrected chi connectivity index (χ2v) is 5.15. The summed E-state index contributed by atoms with van der Waals surface area (Å²) in [5.74, 6) is 1.52. The Morgan fingerprint density at radius 2 is 2.00 bits per heavy atom. The van der Waals surface area contributed by atoms with Gasteiger partial charge in [-0.2, -0.15) is 0 Å². The molecule has 2 unspecified atom stereocenters. The lowest BCUT2D eigenvalue weighted by molar-refractivity contribution is -0.130. The Balaban J connectivity index is 1.54. The highest BCUT2D eigenvalue weighted by atomic mass is 19.1. The minimum absolute atomic E-state index is 0.181. The molecule has 0 N–H and O–H groups in total. The van der Waals surface area contributed by atoms with Gasteiger partial charge < -0.3 is 4.90 Å². The maximum atomic E-state index is 13.4. The molecule has 2 atom stereocenters. The molecule has 1 amide bonds. The average Bonchev–Trinajstić information content (AvgIpc) is 2.95. The summed E-state index contributed by atoms with van der Waals surface area (Å²) in [6, 6.07) is 6.69. The van der Waals surface area contributed by atoms with Crippen LogP contribution in [0.5, 0.6) is 0 Å². The van der Waals surface area contributed by atoms with Crippen molar-refractivity contribution in [3.63, 3.8) is 0 Å². The van der Waals surface area contributed by atoms with Crippen LogP contribution < -0.4 is 0 Å². The summed E-state index contributed by atoms with van der Waals surface area (Å²) >= 11 is 0. The summed E-state index contributed by atoms with van der Waals surface area (Å²) in [5, 5.41) is 0. The highest BCUT2D eigenvalue weighted by molar-refractivity contribution is 5.77. The summed E-state index contributed by atoms with van der Waals surface area (Å²) in [6.45, 7) is 1.86. The number of carbonyl (C=O) groups excluding carboxylic acids is 1.